The Balaban J connectivity index is 0.954. The van der Waals surface area contributed by atoms with Crippen molar-refractivity contribution in [2.45, 2.75) is 12.5 Å². The maximum Gasteiger partial charge on any atom is 0.231 e. The number of aliphatic imine (C=N–C) groups is 2. The summed E-state index contributed by atoms with van der Waals surface area (Å²) in [6.45, 7) is 0. The molecule has 3 aliphatic rings. The van der Waals surface area contributed by atoms with Gasteiger partial charge < -0.3 is 8.98 Å². The van der Waals surface area contributed by atoms with Crippen LogP contribution < -0.4 is 4.90 Å². The first-order chi connectivity index (χ1) is 33.2. The lowest BCUT2D eigenvalue weighted by molar-refractivity contribution is 0.669. The van der Waals surface area contributed by atoms with E-state index in [0.717, 1.165) is 79.0 Å². The standard InChI is InChI=1S/C62H40N4O/c1-2-16-45(17-3-1)65-55-25-10-7-21-51(55)60-48(23-13-26-56(60)65)42-34-35-54-43(36-42)32-33-44-37-59-52(49-19-8-11-27-58(49)67-59)38-57(44)66(54)62-63-53-24-9-6-20-50(53)61(64-62)41-30-28-40(29-31-41)47-22-12-15-39-14-4-5-18-46(39)47/h1-5,7-38,53H,6H2. The van der Waals surface area contributed by atoms with Crippen LogP contribution in [0.2, 0.25) is 0 Å². The number of nitrogens with zero attached hydrogens (tertiary/aromatic N) is 4. The highest BCUT2D eigenvalue weighted by atomic mass is 16.3. The number of hydrogen-bond donors (Lipinski definition) is 0. The molecule has 0 saturated heterocycles. The van der Waals surface area contributed by atoms with Gasteiger partial charge in [0.05, 0.1) is 34.2 Å². The summed E-state index contributed by atoms with van der Waals surface area (Å²) in [5.74, 6) is 0.640. The molecule has 5 heteroatoms. The fourth-order valence-electron chi connectivity index (χ4n) is 10.7. The molecule has 0 saturated carbocycles. The maximum atomic E-state index is 6.49. The molecule has 0 fully saturated rings. The smallest absolute Gasteiger partial charge is 0.231 e. The summed E-state index contributed by atoms with van der Waals surface area (Å²) in [7, 11) is 0. The molecule has 0 bridgehead atoms. The minimum absolute atomic E-state index is 0.186. The molecule has 0 amide bonds. The van der Waals surface area contributed by atoms with Crippen molar-refractivity contribution in [1.29, 1.82) is 0 Å². The molecule has 2 aliphatic heterocycles. The molecule has 14 rings (SSSR count). The summed E-state index contributed by atoms with van der Waals surface area (Å²) in [4.78, 5) is 13.4. The van der Waals surface area contributed by atoms with Gasteiger partial charge in [0.1, 0.15) is 11.2 Å². The highest BCUT2D eigenvalue weighted by molar-refractivity contribution is 6.24. The normalized spacial score (nSPS) is 15.4. The van der Waals surface area contributed by atoms with Gasteiger partial charge in [-0.1, -0.05) is 170 Å². The van der Waals surface area contributed by atoms with Crippen LogP contribution in [0.3, 0.4) is 0 Å². The molecule has 11 aromatic rings. The van der Waals surface area contributed by atoms with Crippen LogP contribution in [-0.4, -0.2) is 22.3 Å². The van der Waals surface area contributed by atoms with Crippen molar-refractivity contribution in [1.82, 2.24) is 4.57 Å². The van der Waals surface area contributed by atoms with Gasteiger partial charge in [0.15, 0.2) is 0 Å². The van der Waals surface area contributed by atoms with Crippen molar-refractivity contribution in [3.05, 3.63) is 235 Å². The van der Waals surface area contributed by atoms with Crippen molar-refractivity contribution in [2.24, 2.45) is 9.98 Å². The maximum absolute atomic E-state index is 6.49. The molecule has 0 radical (unpaired) electrons. The van der Waals surface area contributed by atoms with Gasteiger partial charge in [-0.3, -0.25) is 4.90 Å². The molecule has 2 aromatic heterocycles. The number of para-hydroxylation sites is 3. The molecule has 5 nitrogen and oxygen atoms in total. The zero-order chi connectivity index (χ0) is 44.0. The predicted octanol–water partition coefficient (Wildman–Crippen LogP) is 15.9. The molecular formula is C62H40N4O. The summed E-state index contributed by atoms with van der Waals surface area (Å²) in [5.41, 5.74) is 17.1. The SMILES string of the molecule is C1=CC2N=C(N3c4ccc(-c5cccc6c5c5ccccc5n6-c5ccccc5)cc4C=Cc4cc5oc6ccccc6c5cc43)N=C(c3ccc(-c4cccc5ccccc45)cc3)C2=CC1. The number of hydrogen-bond acceptors (Lipinski definition) is 4. The van der Waals surface area contributed by atoms with Gasteiger partial charge in [0.2, 0.25) is 5.96 Å². The third-order valence-electron chi connectivity index (χ3n) is 13.8. The molecule has 67 heavy (non-hydrogen) atoms. The number of allylic oxidation sites excluding steroid dienone is 2. The molecule has 1 atom stereocenters. The second kappa shape index (κ2) is 14.9. The van der Waals surface area contributed by atoms with E-state index in [2.05, 4.69) is 222 Å². The van der Waals surface area contributed by atoms with E-state index in [-0.39, 0.29) is 6.04 Å². The van der Waals surface area contributed by atoms with E-state index in [9.17, 15) is 0 Å². The van der Waals surface area contributed by atoms with Gasteiger partial charge in [-0.2, -0.15) is 0 Å². The predicted molar refractivity (Wildman–Crippen MR) is 280 cm³/mol. The molecule has 1 aliphatic carbocycles. The lowest BCUT2D eigenvalue weighted by Gasteiger charge is -2.31. The van der Waals surface area contributed by atoms with Crippen LogP contribution in [0.1, 0.15) is 23.1 Å². The van der Waals surface area contributed by atoms with Crippen molar-refractivity contribution < 1.29 is 4.42 Å². The number of fused-ring (bicyclic) bond motifs is 10. The first-order valence-electron chi connectivity index (χ1n) is 23.0. The first kappa shape index (κ1) is 37.6. The average Bonchev–Trinajstić information content (AvgIpc) is 3.88. The summed E-state index contributed by atoms with van der Waals surface area (Å²) < 4.78 is 8.87. The van der Waals surface area contributed by atoms with Gasteiger partial charge in [0, 0.05) is 43.9 Å². The van der Waals surface area contributed by atoms with Gasteiger partial charge in [-0.05, 0) is 99.6 Å². The van der Waals surface area contributed by atoms with E-state index in [4.69, 9.17) is 14.4 Å². The summed E-state index contributed by atoms with van der Waals surface area (Å²) in [5, 5.41) is 7.06. The Morgan fingerprint density at radius 1 is 0.507 bits per heavy atom. The summed E-state index contributed by atoms with van der Waals surface area (Å²) in [6.07, 6.45) is 12.0. The Labute approximate surface area is 386 Å². The van der Waals surface area contributed by atoms with Gasteiger partial charge in [0.25, 0.3) is 0 Å². The van der Waals surface area contributed by atoms with E-state index in [1.807, 2.05) is 12.1 Å². The first-order valence-corrected chi connectivity index (χ1v) is 23.0. The van der Waals surface area contributed by atoms with Crippen LogP contribution in [0, 0.1) is 0 Å². The summed E-state index contributed by atoms with van der Waals surface area (Å²) >= 11 is 0. The molecular weight excluding hydrogens is 817 g/mol. The number of aromatic nitrogens is 1. The molecule has 1 unspecified atom stereocenters. The zero-order valence-corrected chi connectivity index (χ0v) is 36.3. The van der Waals surface area contributed by atoms with E-state index >= 15 is 0 Å². The monoisotopic (exact) mass is 856 g/mol. The molecule has 4 heterocycles. The van der Waals surface area contributed by atoms with Crippen LogP contribution in [0.25, 0.3) is 94.6 Å². The van der Waals surface area contributed by atoms with Crippen LogP contribution in [0.5, 0.6) is 0 Å². The lowest BCUT2D eigenvalue weighted by Crippen LogP contribution is -2.33. The van der Waals surface area contributed by atoms with Crippen LogP contribution in [-0.2, 0) is 0 Å². The number of rotatable bonds is 4. The van der Waals surface area contributed by atoms with Crippen molar-refractivity contribution >= 4 is 89.7 Å². The fourth-order valence-corrected chi connectivity index (χ4v) is 10.7. The molecule has 314 valence electrons. The largest absolute Gasteiger partial charge is 0.456 e. The zero-order valence-electron chi connectivity index (χ0n) is 36.3. The Morgan fingerprint density at radius 3 is 2.10 bits per heavy atom. The van der Waals surface area contributed by atoms with Crippen LogP contribution in [0.4, 0.5) is 11.4 Å². The molecule has 9 aromatic carbocycles. The number of benzene rings is 9. The molecule has 0 N–H and O–H groups in total. The Kier molecular flexibility index (Phi) is 8.34. The van der Waals surface area contributed by atoms with Crippen molar-refractivity contribution in [3.8, 4) is 27.9 Å². The van der Waals surface area contributed by atoms with Crippen LogP contribution >= 0.6 is 0 Å². The van der Waals surface area contributed by atoms with Crippen molar-refractivity contribution in [2.75, 3.05) is 4.90 Å². The van der Waals surface area contributed by atoms with Crippen molar-refractivity contribution in [3.63, 3.8) is 0 Å². The Morgan fingerprint density at radius 2 is 1.21 bits per heavy atom. The second-order valence-electron chi connectivity index (χ2n) is 17.6. The average molecular weight is 857 g/mol. The van der Waals surface area contributed by atoms with E-state index in [0.29, 0.717) is 5.96 Å². The highest BCUT2D eigenvalue weighted by Gasteiger charge is 2.32. The van der Waals surface area contributed by atoms with E-state index < -0.39 is 0 Å². The third-order valence-corrected chi connectivity index (χ3v) is 13.8. The minimum atomic E-state index is -0.186. The number of furan rings is 1. The Bertz CT molecular complexity index is 4010. The Hall–Kier alpha value is -8.80. The van der Waals surface area contributed by atoms with Crippen LogP contribution in [0.15, 0.2) is 232 Å². The second-order valence-corrected chi connectivity index (χ2v) is 17.6. The third kappa shape index (κ3) is 5.95. The quantitative estimate of drug-likeness (QED) is 0.166. The number of anilines is 2. The highest BCUT2D eigenvalue weighted by Crippen LogP contribution is 2.45. The lowest BCUT2D eigenvalue weighted by atomic mass is 9.90. The number of guanidine groups is 1. The van der Waals surface area contributed by atoms with Gasteiger partial charge in [-0.15, -0.1) is 0 Å². The minimum Gasteiger partial charge on any atom is -0.456 e. The van der Waals surface area contributed by atoms with Gasteiger partial charge >= 0.3 is 0 Å². The molecule has 0 spiro atoms. The van der Waals surface area contributed by atoms with Gasteiger partial charge in [-0.25, -0.2) is 9.98 Å². The summed E-state index contributed by atoms with van der Waals surface area (Å²) in [6, 6.07) is 69.5. The fraction of sp³-hybridized carbons (Fsp3) is 0.0323. The van der Waals surface area contributed by atoms with E-state index in [1.54, 1.807) is 0 Å². The topological polar surface area (TPSA) is 46.0 Å². The van der Waals surface area contributed by atoms with E-state index in [1.165, 1.54) is 49.3 Å².